The van der Waals surface area contributed by atoms with Crippen molar-refractivity contribution in [3.63, 3.8) is 0 Å². The van der Waals surface area contributed by atoms with Gasteiger partial charge in [0.2, 0.25) is 0 Å². The SMILES string of the molecule is COc1cccc(C(=O)N2CCSC23CCN(C(=O)c2ccccc2Br)CC3)c1. The van der Waals surface area contributed by atoms with Gasteiger partial charge in [0.1, 0.15) is 5.75 Å². The summed E-state index contributed by atoms with van der Waals surface area (Å²) < 4.78 is 6.09. The molecule has 0 bridgehead atoms. The molecule has 2 saturated heterocycles. The Balaban J connectivity index is 1.48. The molecule has 0 aliphatic carbocycles. The highest BCUT2D eigenvalue weighted by Gasteiger charge is 2.47. The van der Waals surface area contributed by atoms with Gasteiger partial charge in [0.25, 0.3) is 11.8 Å². The summed E-state index contributed by atoms with van der Waals surface area (Å²) in [5.74, 6) is 1.69. The first-order chi connectivity index (χ1) is 14.0. The number of piperidine rings is 1. The number of carbonyl (C=O) groups is 2. The highest BCUT2D eigenvalue weighted by molar-refractivity contribution is 9.10. The molecule has 0 radical (unpaired) electrons. The zero-order valence-electron chi connectivity index (χ0n) is 16.3. The second-order valence-electron chi connectivity index (χ2n) is 7.26. The molecule has 2 aromatic carbocycles. The van der Waals surface area contributed by atoms with Crippen LogP contribution in [0.3, 0.4) is 0 Å². The molecule has 0 atom stereocenters. The number of halogens is 1. The molecule has 1 spiro atoms. The van der Waals surface area contributed by atoms with Gasteiger partial charge in [0, 0.05) is 35.4 Å². The van der Waals surface area contributed by atoms with E-state index in [9.17, 15) is 9.59 Å². The molecule has 2 amide bonds. The van der Waals surface area contributed by atoms with E-state index in [0.29, 0.717) is 30.0 Å². The highest BCUT2D eigenvalue weighted by atomic mass is 79.9. The summed E-state index contributed by atoms with van der Waals surface area (Å²) in [6, 6.07) is 14.9. The molecule has 5 nitrogen and oxygen atoms in total. The maximum Gasteiger partial charge on any atom is 0.255 e. The van der Waals surface area contributed by atoms with Crippen molar-refractivity contribution >= 4 is 39.5 Å². The number of hydrogen-bond acceptors (Lipinski definition) is 4. The minimum atomic E-state index is -0.231. The topological polar surface area (TPSA) is 49.9 Å². The van der Waals surface area contributed by atoms with Crippen molar-refractivity contribution in [3.05, 3.63) is 64.1 Å². The van der Waals surface area contributed by atoms with Crippen molar-refractivity contribution in [1.82, 2.24) is 9.80 Å². The Morgan fingerprint density at radius 1 is 1.03 bits per heavy atom. The van der Waals surface area contributed by atoms with Gasteiger partial charge in [-0.3, -0.25) is 9.59 Å². The monoisotopic (exact) mass is 474 g/mol. The third-order valence-electron chi connectivity index (χ3n) is 5.68. The lowest BCUT2D eigenvalue weighted by Crippen LogP contribution is -2.53. The number of benzene rings is 2. The van der Waals surface area contributed by atoms with E-state index in [2.05, 4.69) is 15.9 Å². The molecule has 2 aliphatic heterocycles. The molecular weight excluding hydrogens is 452 g/mol. The van der Waals surface area contributed by atoms with Gasteiger partial charge in [0.15, 0.2) is 0 Å². The number of thioether (sulfide) groups is 1. The van der Waals surface area contributed by atoms with Gasteiger partial charge in [-0.1, -0.05) is 18.2 Å². The fraction of sp³-hybridized carbons (Fsp3) is 0.364. The van der Waals surface area contributed by atoms with E-state index >= 15 is 0 Å². The lowest BCUT2D eigenvalue weighted by atomic mass is 10.00. The Morgan fingerprint density at radius 3 is 2.52 bits per heavy atom. The van der Waals surface area contributed by atoms with Crippen LogP contribution in [0.5, 0.6) is 5.75 Å². The quantitative estimate of drug-likeness (QED) is 0.665. The van der Waals surface area contributed by atoms with Crippen molar-refractivity contribution in [1.29, 1.82) is 0 Å². The Bertz CT molecular complexity index is 928. The van der Waals surface area contributed by atoms with Crippen LogP contribution >= 0.6 is 27.7 Å². The third kappa shape index (κ3) is 3.90. The van der Waals surface area contributed by atoms with Crippen LogP contribution in [0.25, 0.3) is 0 Å². The van der Waals surface area contributed by atoms with E-state index in [1.165, 1.54) is 0 Å². The predicted molar refractivity (Wildman–Crippen MR) is 118 cm³/mol. The van der Waals surface area contributed by atoms with Crippen LogP contribution in [0.1, 0.15) is 33.6 Å². The molecule has 152 valence electrons. The van der Waals surface area contributed by atoms with Crippen LogP contribution < -0.4 is 4.74 Å². The number of amides is 2. The van der Waals surface area contributed by atoms with Gasteiger partial charge in [-0.25, -0.2) is 0 Å². The van der Waals surface area contributed by atoms with Crippen molar-refractivity contribution in [2.45, 2.75) is 17.7 Å². The predicted octanol–water partition coefficient (Wildman–Crippen LogP) is 4.28. The zero-order valence-corrected chi connectivity index (χ0v) is 18.7. The molecule has 7 heteroatoms. The standard InChI is InChI=1S/C22H23BrN2O3S/c1-28-17-6-4-5-16(15-17)20(26)25-13-14-29-22(25)9-11-24(12-10-22)21(27)18-7-2-3-8-19(18)23/h2-8,15H,9-14H2,1H3. The Morgan fingerprint density at radius 2 is 1.79 bits per heavy atom. The average molecular weight is 475 g/mol. The van der Waals surface area contributed by atoms with Gasteiger partial charge < -0.3 is 14.5 Å². The molecule has 0 N–H and O–H groups in total. The van der Waals surface area contributed by atoms with Gasteiger partial charge >= 0.3 is 0 Å². The fourth-order valence-electron chi connectivity index (χ4n) is 4.09. The molecule has 2 fully saturated rings. The van der Waals surface area contributed by atoms with Gasteiger partial charge in [-0.2, -0.15) is 0 Å². The smallest absolute Gasteiger partial charge is 0.255 e. The summed E-state index contributed by atoms with van der Waals surface area (Å²) in [7, 11) is 1.61. The Labute approximate surface area is 183 Å². The summed E-state index contributed by atoms with van der Waals surface area (Å²) in [6.07, 6.45) is 1.56. The molecule has 29 heavy (non-hydrogen) atoms. The maximum absolute atomic E-state index is 13.2. The lowest BCUT2D eigenvalue weighted by molar-refractivity contribution is 0.0497. The van der Waals surface area contributed by atoms with Crippen LogP contribution in [0.4, 0.5) is 0 Å². The van der Waals surface area contributed by atoms with Crippen LogP contribution in [0.2, 0.25) is 0 Å². The summed E-state index contributed by atoms with van der Waals surface area (Å²) in [4.78, 5) is 29.8. The number of hydrogen-bond donors (Lipinski definition) is 0. The van der Waals surface area contributed by atoms with E-state index in [0.717, 1.165) is 29.6 Å². The number of methoxy groups -OCH3 is 1. The van der Waals surface area contributed by atoms with E-state index in [-0.39, 0.29) is 16.7 Å². The minimum absolute atomic E-state index is 0.0412. The highest BCUT2D eigenvalue weighted by Crippen LogP contribution is 2.45. The van der Waals surface area contributed by atoms with Crippen molar-refractivity contribution in [3.8, 4) is 5.75 Å². The van der Waals surface area contributed by atoms with Crippen LogP contribution in [0.15, 0.2) is 53.0 Å². The van der Waals surface area contributed by atoms with E-state index in [1.807, 2.05) is 64.0 Å². The normalized spacial score (nSPS) is 18.1. The average Bonchev–Trinajstić information content (AvgIpc) is 3.16. The third-order valence-corrected chi connectivity index (χ3v) is 7.92. The first kappa shape index (κ1) is 20.3. The number of nitrogens with zero attached hydrogens (tertiary/aromatic N) is 2. The molecule has 2 heterocycles. The zero-order chi connectivity index (χ0) is 20.4. The second kappa shape index (κ2) is 8.40. The Hall–Kier alpha value is -1.99. The maximum atomic E-state index is 13.2. The molecule has 2 aromatic rings. The van der Waals surface area contributed by atoms with Gasteiger partial charge in [-0.15, -0.1) is 11.8 Å². The lowest BCUT2D eigenvalue weighted by Gasteiger charge is -2.44. The Kier molecular flexibility index (Phi) is 5.88. The number of rotatable bonds is 3. The number of ether oxygens (including phenoxy) is 1. The summed E-state index contributed by atoms with van der Waals surface area (Å²) in [5, 5.41) is 0. The summed E-state index contributed by atoms with van der Waals surface area (Å²) >= 11 is 5.32. The molecule has 0 saturated carbocycles. The van der Waals surface area contributed by atoms with Crippen LogP contribution in [-0.4, -0.2) is 59.0 Å². The molecule has 4 rings (SSSR count). The summed E-state index contributed by atoms with van der Waals surface area (Å²) in [5.41, 5.74) is 1.34. The van der Waals surface area contributed by atoms with Gasteiger partial charge in [-0.05, 0) is 59.1 Å². The van der Waals surface area contributed by atoms with Crippen molar-refractivity contribution < 1.29 is 14.3 Å². The van der Waals surface area contributed by atoms with Crippen molar-refractivity contribution in [2.24, 2.45) is 0 Å². The molecule has 2 aliphatic rings. The van der Waals surface area contributed by atoms with Crippen LogP contribution in [-0.2, 0) is 0 Å². The largest absolute Gasteiger partial charge is 0.497 e. The van der Waals surface area contributed by atoms with E-state index in [1.54, 1.807) is 13.2 Å². The number of likely N-dealkylation sites (tertiary alicyclic amines) is 1. The van der Waals surface area contributed by atoms with Crippen LogP contribution in [0, 0.1) is 0 Å². The minimum Gasteiger partial charge on any atom is -0.497 e. The first-order valence-corrected chi connectivity index (χ1v) is 11.5. The second-order valence-corrected chi connectivity index (χ2v) is 9.57. The number of carbonyl (C=O) groups excluding carboxylic acids is 2. The molecular formula is C22H23BrN2O3S. The van der Waals surface area contributed by atoms with Gasteiger partial charge in [0.05, 0.1) is 17.5 Å². The summed E-state index contributed by atoms with van der Waals surface area (Å²) in [6.45, 7) is 2.03. The van der Waals surface area contributed by atoms with E-state index in [4.69, 9.17) is 4.74 Å². The van der Waals surface area contributed by atoms with Crippen molar-refractivity contribution in [2.75, 3.05) is 32.5 Å². The molecule has 0 aromatic heterocycles. The van der Waals surface area contributed by atoms with E-state index < -0.39 is 0 Å². The molecule has 0 unspecified atom stereocenters. The fourth-order valence-corrected chi connectivity index (χ4v) is 6.00. The first-order valence-electron chi connectivity index (χ1n) is 9.68.